The molecule has 8 heteroatoms. The van der Waals surface area contributed by atoms with Crippen molar-refractivity contribution in [2.75, 3.05) is 44.3 Å². The Balaban J connectivity index is 1.32. The number of rotatable bonds is 5. The largest absolute Gasteiger partial charge is 0.437 e. The molecule has 1 amide bonds. The highest BCUT2D eigenvalue weighted by Crippen LogP contribution is 2.33. The first-order valence-corrected chi connectivity index (χ1v) is 11.8. The molecule has 0 unspecified atom stereocenters. The molecule has 2 saturated heterocycles. The van der Waals surface area contributed by atoms with E-state index < -0.39 is 0 Å². The van der Waals surface area contributed by atoms with Crippen molar-refractivity contribution in [3.63, 3.8) is 0 Å². The van der Waals surface area contributed by atoms with E-state index in [-0.39, 0.29) is 11.8 Å². The Morgan fingerprint density at radius 2 is 1.88 bits per heavy atom. The van der Waals surface area contributed by atoms with E-state index in [4.69, 9.17) is 9.47 Å². The summed E-state index contributed by atoms with van der Waals surface area (Å²) in [6.07, 6.45) is 6.89. The second-order valence-corrected chi connectivity index (χ2v) is 8.76. The minimum Gasteiger partial charge on any atom is -0.437 e. The first kappa shape index (κ1) is 22.3. The lowest BCUT2D eigenvalue weighted by Crippen LogP contribution is -2.40. The van der Waals surface area contributed by atoms with Crippen molar-refractivity contribution in [2.45, 2.75) is 25.7 Å². The standard InChI is InChI=1S/C26H29N5O3/c1-19-4-2-6-22(16-19)34-25-24(28-9-10-29-25)21-5-3-11-31(18-21)26(32)20-7-8-27-23(17-20)30-12-14-33-15-13-30/h2,4,6-10,16-17,21H,3,5,11-15,18H2,1H3/t21-/m0/s1. The van der Waals surface area contributed by atoms with Crippen LogP contribution in [-0.2, 0) is 4.74 Å². The number of pyridine rings is 1. The molecule has 0 spiro atoms. The van der Waals surface area contributed by atoms with Gasteiger partial charge in [0.05, 0.1) is 13.2 Å². The van der Waals surface area contributed by atoms with Crippen LogP contribution in [-0.4, -0.2) is 65.2 Å². The Kier molecular flexibility index (Phi) is 6.67. The van der Waals surface area contributed by atoms with Crippen molar-refractivity contribution in [1.82, 2.24) is 19.9 Å². The van der Waals surface area contributed by atoms with Crippen molar-refractivity contribution in [1.29, 1.82) is 0 Å². The maximum atomic E-state index is 13.4. The molecule has 0 saturated carbocycles. The molecule has 0 radical (unpaired) electrons. The first-order valence-electron chi connectivity index (χ1n) is 11.8. The van der Waals surface area contributed by atoms with Gasteiger partial charge < -0.3 is 19.3 Å². The normalized spacial score (nSPS) is 18.6. The zero-order valence-electron chi connectivity index (χ0n) is 19.4. The van der Waals surface area contributed by atoms with E-state index in [9.17, 15) is 4.79 Å². The number of aryl methyl sites for hydroxylation is 1. The molecule has 0 bridgehead atoms. The van der Waals surface area contributed by atoms with Crippen LogP contribution in [0.15, 0.2) is 55.0 Å². The van der Waals surface area contributed by atoms with Crippen molar-refractivity contribution in [2.24, 2.45) is 0 Å². The zero-order valence-corrected chi connectivity index (χ0v) is 19.4. The molecular weight excluding hydrogens is 430 g/mol. The van der Waals surface area contributed by atoms with Crippen LogP contribution in [0, 0.1) is 6.92 Å². The molecule has 5 rings (SSSR count). The number of morpholine rings is 1. The third kappa shape index (κ3) is 5.02. The highest BCUT2D eigenvalue weighted by molar-refractivity contribution is 5.95. The quantitative estimate of drug-likeness (QED) is 0.574. The Morgan fingerprint density at radius 3 is 2.74 bits per heavy atom. The van der Waals surface area contributed by atoms with Gasteiger partial charge in [-0.3, -0.25) is 9.78 Å². The third-order valence-electron chi connectivity index (χ3n) is 6.32. The van der Waals surface area contributed by atoms with Crippen LogP contribution in [0.3, 0.4) is 0 Å². The molecule has 34 heavy (non-hydrogen) atoms. The van der Waals surface area contributed by atoms with Crippen LogP contribution < -0.4 is 9.64 Å². The van der Waals surface area contributed by atoms with Crippen LogP contribution in [0.2, 0.25) is 0 Å². The summed E-state index contributed by atoms with van der Waals surface area (Å²) >= 11 is 0. The minimum absolute atomic E-state index is 0.0200. The summed E-state index contributed by atoms with van der Waals surface area (Å²) in [4.78, 5) is 31.0. The molecule has 3 aromatic rings. The molecule has 2 aliphatic rings. The number of carbonyl (C=O) groups excluding carboxylic acids is 1. The monoisotopic (exact) mass is 459 g/mol. The van der Waals surface area contributed by atoms with E-state index in [2.05, 4.69) is 19.9 Å². The molecule has 8 nitrogen and oxygen atoms in total. The molecule has 2 aliphatic heterocycles. The van der Waals surface area contributed by atoms with Crippen LogP contribution in [0.5, 0.6) is 11.6 Å². The Labute approximate surface area is 199 Å². The summed E-state index contributed by atoms with van der Waals surface area (Å²) < 4.78 is 11.5. The summed E-state index contributed by atoms with van der Waals surface area (Å²) in [5.41, 5.74) is 2.57. The van der Waals surface area contributed by atoms with Crippen LogP contribution >= 0.6 is 0 Å². The fourth-order valence-corrected chi connectivity index (χ4v) is 4.57. The molecule has 176 valence electrons. The molecule has 2 fully saturated rings. The number of nitrogens with zero attached hydrogens (tertiary/aromatic N) is 5. The number of hydrogen-bond donors (Lipinski definition) is 0. The lowest BCUT2D eigenvalue weighted by molar-refractivity contribution is 0.0704. The number of anilines is 1. The van der Waals surface area contributed by atoms with Gasteiger partial charge in [-0.25, -0.2) is 9.97 Å². The number of aromatic nitrogens is 3. The second-order valence-electron chi connectivity index (χ2n) is 8.76. The number of hydrogen-bond acceptors (Lipinski definition) is 7. The van der Waals surface area contributed by atoms with E-state index in [1.165, 1.54) is 0 Å². The van der Waals surface area contributed by atoms with Crippen molar-refractivity contribution in [3.8, 4) is 11.6 Å². The van der Waals surface area contributed by atoms with Gasteiger partial charge in [0.1, 0.15) is 17.3 Å². The second kappa shape index (κ2) is 10.2. The summed E-state index contributed by atoms with van der Waals surface area (Å²) in [5, 5.41) is 0. The number of carbonyl (C=O) groups is 1. The van der Waals surface area contributed by atoms with Gasteiger partial charge in [0, 0.05) is 56.3 Å². The van der Waals surface area contributed by atoms with E-state index in [1.54, 1.807) is 24.7 Å². The maximum Gasteiger partial charge on any atom is 0.254 e. The minimum atomic E-state index is 0.0200. The van der Waals surface area contributed by atoms with E-state index >= 15 is 0 Å². The number of benzene rings is 1. The molecule has 1 atom stereocenters. The van der Waals surface area contributed by atoms with Gasteiger partial charge in [0.15, 0.2) is 0 Å². The number of ether oxygens (including phenoxy) is 2. The number of piperidine rings is 1. The van der Waals surface area contributed by atoms with Gasteiger partial charge in [0.25, 0.3) is 5.91 Å². The van der Waals surface area contributed by atoms with Crippen molar-refractivity contribution < 1.29 is 14.3 Å². The topological polar surface area (TPSA) is 80.7 Å². The molecule has 0 aliphatic carbocycles. The van der Waals surface area contributed by atoms with Gasteiger partial charge in [-0.1, -0.05) is 12.1 Å². The molecule has 2 aromatic heterocycles. The lowest BCUT2D eigenvalue weighted by Gasteiger charge is -2.33. The molecular formula is C26H29N5O3. The summed E-state index contributed by atoms with van der Waals surface area (Å²) in [7, 11) is 0. The van der Waals surface area contributed by atoms with Gasteiger partial charge >= 0.3 is 0 Å². The average Bonchev–Trinajstić information content (AvgIpc) is 2.89. The highest BCUT2D eigenvalue weighted by atomic mass is 16.5. The summed E-state index contributed by atoms with van der Waals surface area (Å²) in [6, 6.07) is 11.6. The molecule has 1 aromatic carbocycles. The van der Waals surface area contributed by atoms with E-state index in [0.717, 1.165) is 55.3 Å². The number of amides is 1. The van der Waals surface area contributed by atoms with Gasteiger partial charge in [-0.15, -0.1) is 0 Å². The summed E-state index contributed by atoms with van der Waals surface area (Å²) in [5.74, 6) is 2.15. The fraction of sp³-hybridized carbons (Fsp3) is 0.385. The number of likely N-dealkylation sites (tertiary alicyclic amines) is 1. The van der Waals surface area contributed by atoms with E-state index in [0.29, 0.717) is 31.2 Å². The first-order chi connectivity index (χ1) is 16.7. The average molecular weight is 460 g/mol. The molecule has 0 N–H and O–H groups in total. The lowest BCUT2D eigenvalue weighted by atomic mass is 9.94. The SMILES string of the molecule is Cc1cccc(Oc2nccnc2[C@H]2CCCN(C(=O)c3ccnc(N4CCOCC4)c3)C2)c1. The van der Waals surface area contributed by atoms with Gasteiger partial charge in [0.2, 0.25) is 5.88 Å². The molecule has 4 heterocycles. The fourth-order valence-electron chi connectivity index (χ4n) is 4.57. The van der Waals surface area contributed by atoms with Crippen molar-refractivity contribution in [3.05, 3.63) is 71.8 Å². The predicted molar refractivity (Wildman–Crippen MR) is 128 cm³/mol. The van der Waals surface area contributed by atoms with Crippen molar-refractivity contribution >= 4 is 11.7 Å². The van der Waals surface area contributed by atoms with Gasteiger partial charge in [-0.2, -0.15) is 0 Å². The smallest absolute Gasteiger partial charge is 0.254 e. The Bertz CT molecular complexity index is 1150. The summed E-state index contributed by atoms with van der Waals surface area (Å²) in [6.45, 7) is 6.26. The van der Waals surface area contributed by atoms with Crippen LogP contribution in [0.4, 0.5) is 5.82 Å². The maximum absolute atomic E-state index is 13.4. The van der Waals surface area contributed by atoms with Gasteiger partial charge in [-0.05, 0) is 49.6 Å². The van der Waals surface area contributed by atoms with Crippen LogP contribution in [0.1, 0.15) is 40.4 Å². The third-order valence-corrected chi connectivity index (χ3v) is 6.32. The van der Waals surface area contributed by atoms with E-state index in [1.807, 2.05) is 42.2 Å². The zero-order chi connectivity index (χ0) is 23.3. The Hall–Kier alpha value is -3.52. The van der Waals surface area contributed by atoms with Crippen LogP contribution in [0.25, 0.3) is 0 Å². The Morgan fingerprint density at radius 1 is 1.03 bits per heavy atom. The highest BCUT2D eigenvalue weighted by Gasteiger charge is 2.29. The predicted octanol–water partition coefficient (Wildman–Crippen LogP) is 3.83.